The number of ether oxygens (including phenoxy) is 4. The molecular weight excluding hydrogens is 424 g/mol. The van der Waals surface area contributed by atoms with Gasteiger partial charge in [0.15, 0.2) is 16.3 Å². The van der Waals surface area contributed by atoms with Gasteiger partial charge in [-0.25, -0.2) is 4.79 Å². The predicted molar refractivity (Wildman–Crippen MR) is 110 cm³/mol. The molecule has 31 heavy (non-hydrogen) atoms. The van der Waals surface area contributed by atoms with Gasteiger partial charge in [-0.2, -0.15) is 4.99 Å². The number of carbonyl (C=O) groups excluding carboxylic acids is 3. The third-order valence-electron chi connectivity index (χ3n) is 4.53. The Morgan fingerprint density at radius 1 is 1.13 bits per heavy atom. The zero-order chi connectivity index (χ0) is 22.0. The number of hydrogen-bond donors (Lipinski definition) is 0. The monoisotopic (exact) mass is 442 g/mol. The minimum Gasteiger partial charge on any atom is -0.465 e. The Labute approximate surface area is 180 Å². The lowest BCUT2D eigenvalue weighted by molar-refractivity contribution is -0.143. The number of aromatic nitrogens is 1. The van der Waals surface area contributed by atoms with Crippen molar-refractivity contribution in [2.75, 3.05) is 20.5 Å². The lowest BCUT2D eigenvalue weighted by Crippen LogP contribution is -2.23. The van der Waals surface area contributed by atoms with Crippen molar-refractivity contribution >= 4 is 39.4 Å². The molecule has 160 valence electrons. The fourth-order valence-corrected chi connectivity index (χ4v) is 4.18. The third-order valence-corrected chi connectivity index (χ3v) is 5.57. The fraction of sp³-hybridized carbons (Fsp3) is 0.238. The molecule has 4 rings (SSSR count). The van der Waals surface area contributed by atoms with E-state index in [-0.39, 0.29) is 35.9 Å². The van der Waals surface area contributed by atoms with Crippen molar-refractivity contribution in [1.82, 2.24) is 4.57 Å². The Kier molecular flexibility index (Phi) is 5.72. The summed E-state index contributed by atoms with van der Waals surface area (Å²) in [6.07, 6.45) is 0. The summed E-state index contributed by atoms with van der Waals surface area (Å²) >= 11 is 1.21. The van der Waals surface area contributed by atoms with Crippen molar-refractivity contribution in [2.45, 2.75) is 13.5 Å². The topological polar surface area (TPSA) is 105 Å². The predicted octanol–water partition coefficient (Wildman–Crippen LogP) is 2.52. The van der Waals surface area contributed by atoms with Gasteiger partial charge in [-0.15, -0.1) is 0 Å². The van der Waals surface area contributed by atoms with Crippen LogP contribution in [0.15, 0.2) is 41.4 Å². The molecule has 0 saturated carbocycles. The van der Waals surface area contributed by atoms with Crippen LogP contribution in [-0.2, 0) is 20.8 Å². The van der Waals surface area contributed by atoms with Crippen LogP contribution in [0.5, 0.6) is 11.5 Å². The number of hydrogen-bond acceptors (Lipinski definition) is 8. The Morgan fingerprint density at radius 3 is 2.55 bits per heavy atom. The lowest BCUT2D eigenvalue weighted by Gasteiger charge is -2.06. The summed E-state index contributed by atoms with van der Waals surface area (Å²) in [5.74, 6) is -0.627. The summed E-state index contributed by atoms with van der Waals surface area (Å²) in [5, 5.41) is 0. The summed E-state index contributed by atoms with van der Waals surface area (Å²) in [7, 11) is 1.24. The first-order valence-corrected chi connectivity index (χ1v) is 10.2. The van der Waals surface area contributed by atoms with Crippen molar-refractivity contribution in [2.24, 2.45) is 4.99 Å². The smallest absolute Gasteiger partial charge is 0.338 e. The maximum Gasteiger partial charge on any atom is 0.338 e. The molecule has 0 bridgehead atoms. The van der Waals surface area contributed by atoms with Crippen LogP contribution in [0.2, 0.25) is 0 Å². The van der Waals surface area contributed by atoms with Gasteiger partial charge < -0.3 is 23.5 Å². The molecule has 2 aromatic carbocycles. The minimum atomic E-state index is -0.638. The van der Waals surface area contributed by atoms with Crippen molar-refractivity contribution < 1.29 is 33.3 Å². The van der Waals surface area contributed by atoms with Gasteiger partial charge in [0, 0.05) is 12.1 Å². The van der Waals surface area contributed by atoms with Gasteiger partial charge in [-0.3, -0.25) is 9.59 Å². The Balaban J connectivity index is 1.85. The van der Waals surface area contributed by atoms with E-state index in [0.29, 0.717) is 17.0 Å². The first-order chi connectivity index (χ1) is 15.0. The average molecular weight is 442 g/mol. The average Bonchev–Trinajstić information content (AvgIpc) is 3.35. The SMILES string of the molecule is CCOC(=O)Cn1c(=NC(=O)c2ccccc2C(=O)OC)sc2cc3c(cc21)OCO3. The number of esters is 2. The van der Waals surface area contributed by atoms with E-state index >= 15 is 0 Å². The van der Waals surface area contributed by atoms with Crippen LogP contribution in [0, 0.1) is 0 Å². The number of carbonyl (C=O) groups is 3. The molecule has 0 fully saturated rings. The van der Waals surface area contributed by atoms with Gasteiger partial charge in [0.25, 0.3) is 5.91 Å². The van der Waals surface area contributed by atoms with Crippen LogP contribution in [0.25, 0.3) is 10.2 Å². The van der Waals surface area contributed by atoms with Gasteiger partial charge in [-0.05, 0) is 19.1 Å². The molecule has 1 aliphatic rings. The van der Waals surface area contributed by atoms with Crippen LogP contribution in [0.1, 0.15) is 27.6 Å². The van der Waals surface area contributed by atoms with E-state index in [4.69, 9.17) is 18.9 Å². The van der Waals surface area contributed by atoms with Crippen molar-refractivity contribution in [3.8, 4) is 11.5 Å². The number of fused-ring (bicyclic) bond motifs is 2. The van der Waals surface area contributed by atoms with E-state index < -0.39 is 17.8 Å². The van der Waals surface area contributed by atoms with E-state index in [1.54, 1.807) is 35.8 Å². The Morgan fingerprint density at radius 2 is 1.84 bits per heavy atom. The molecule has 10 heteroatoms. The van der Waals surface area contributed by atoms with E-state index in [1.165, 1.54) is 30.6 Å². The highest BCUT2D eigenvalue weighted by Crippen LogP contribution is 2.37. The summed E-state index contributed by atoms with van der Waals surface area (Å²) in [4.78, 5) is 41.6. The van der Waals surface area contributed by atoms with E-state index in [0.717, 1.165) is 4.70 Å². The second-order valence-electron chi connectivity index (χ2n) is 6.40. The van der Waals surface area contributed by atoms with Crippen LogP contribution in [0.4, 0.5) is 0 Å². The van der Waals surface area contributed by atoms with E-state index in [1.807, 2.05) is 0 Å². The van der Waals surface area contributed by atoms with Crippen molar-refractivity contribution in [3.63, 3.8) is 0 Å². The Hall–Kier alpha value is -3.66. The number of methoxy groups -OCH3 is 1. The summed E-state index contributed by atoms with van der Waals surface area (Å²) in [6, 6.07) is 9.76. The van der Waals surface area contributed by atoms with Crippen LogP contribution >= 0.6 is 11.3 Å². The van der Waals surface area contributed by atoms with Crippen molar-refractivity contribution in [1.29, 1.82) is 0 Å². The lowest BCUT2D eigenvalue weighted by atomic mass is 10.1. The molecule has 1 amide bonds. The number of nitrogens with zero attached hydrogens (tertiary/aromatic N) is 2. The van der Waals surface area contributed by atoms with Crippen LogP contribution < -0.4 is 14.3 Å². The highest BCUT2D eigenvalue weighted by Gasteiger charge is 2.21. The van der Waals surface area contributed by atoms with Gasteiger partial charge in [0.2, 0.25) is 6.79 Å². The standard InChI is InChI=1S/C21H18N2O7S/c1-3-28-18(24)10-23-14-8-15-16(30-11-29-15)9-17(14)31-21(23)22-19(25)12-6-4-5-7-13(12)20(26)27-2/h4-9H,3,10-11H2,1-2H3. The zero-order valence-electron chi connectivity index (χ0n) is 16.7. The highest BCUT2D eigenvalue weighted by atomic mass is 32.1. The maximum absolute atomic E-state index is 13.0. The minimum absolute atomic E-state index is 0.101. The van der Waals surface area contributed by atoms with Gasteiger partial charge in [0.05, 0.1) is 35.1 Å². The van der Waals surface area contributed by atoms with E-state index in [9.17, 15) is 14.4 Å². The first kappa shape index (κ1) is 20.6. The molecule has 0 saturated heterocycles. The van der Waals surface area contributed by atoms with Gasteiger partial charge >= 0.3 is 11.9 Å². The molecule has 9 nitrogen and oxygen atoms in total. The molecule has 1 aliphatic heterocycles. The quantitative estimate of drug-likeness (QED) is 0.559. The second-order valence-corrected chi connectivity index (χ2v) is 7.41. The normalized spacial score (nSPS) is 12.8. The van der Waals surface area contributed by atoms with Crippen LogP contribution in [0.3, 0.4) is 0 Å². The summed E-state index contributed by atoms with van der Waals surface area (Å²) < 4.78 is 23.0. The number of benzene rings is 2. The molecule has 0 spiro atoms. The molecule has 0 aliphatic carbocycles. The molecule has 0 unspecified atom stereocenters. The maximum atomic E-state index is 13.0. The zero-order valence-corrected chi connectivity index (χ0v) is 17.6. The molecule has 0 N–H and O–H groups in total. The van der Waals surface area contributed by atoms with Crippen molar-refractivity contribution in [3.05, 3.63) is 52.3 Å². The molecule has 1 aromatic heterocycles. The van der Waals surface area contributed by atoms with E-state index in [2.05, 4.69) is 4.99 Å². The number of amides is 1. The second kappa shape index (κ2) is 8.60. The molecule has 3 aromatic rings. The summed E-state index contributed by atoms with van der Waals surface area (Å²) in [6.45, 7) is 1.92. The van der Waals surface area contributed by atoms with Gasteiger partial charge in [0.1, 0.15) is 6.54 Å². The molecule has 2 heterocycles. The molecular formula is C21H18N2O7S. The third kappa shape index (κ3) is 4.02. The Bertz CT molecular complexity index is 1260. The largest absolute Gasteiger partial charge is 0.465 e. The summed E-state index contributed by atoms with van der Waals surface area (Å²) in [5.41, 5.74) is 0.858. The fourth-order valence-electron chi connectivity index (χ4n) is 3.14. The highest BCUT2D eigenvalue weighted by molar-refractivity contribution is 7.16. The molecule has 0 atom stereocenters. The van der Waals surface area contributed by atoms with Gasteiger partial charge in [-0.1, -0.05) is 23.5 Å². The molecule has 0 radical (unpaired) electrons. The number of thiazole rings is 1. The number of rotatable bonds is 5. The first-order valence-electron chi connectivity index (χ1n) is 9.36. The van der Waals surface area contributed by atoms with Crippen LogP contribution in [-0.4, -0.2) is 42.9 Å².